The Morgan fingerprint density at radius 1 is 1.04 bits per heavy atom. The fourth-order valence-corrected chi connectivity index (χ4v) is 3.30. The van der Waals surface area contributed by atoms with Crippen molar-refractivity contribution in [3.8, 4) is 11.5 Å². The zero-order valence-corrected chi connectivity index (χ0v) is 14.9. The van der Waals surface area contributed by atoms with Gasteiger partial charge >= 0.3 is 0 Å². The van der Waals surface area contributed by atoms with Gasteiger partial charge in [-0.1, -0.05) is 17.3 Å². The van der Waals surface area contributed by atoms with Crippen LogP contribution in [0.15, 0.2) is 51.6 Å². The standard InChI is InChI=1S/C20H21N3O3/c1-14-5-3-6-17(15(14)2)22-8-10-23(11-9-22)20(24)16-13-19(26-21-16)18-7-4-12-25-18/h3-7,12-13H,8-11H2,1-2H3. The number of anilines is 1. The van der Waals surface area contributed by atoms with Gasteiger partial charge in [0.15, 0.2) is 11.5 Å². The average molecular weight is 351 g/mol. The van der Waals surface area contributed by atoms with E-state index in [0.29, 0.717) is 30.3 Å². The van der Waals surface area contributed by atoms with Crippen LogP contribution in [0.2, 0.25) is 0 Å². The van der Waals surface area contributed by atoms with Crippen molar-refractivity contribution in [2.24, 2.45) is 0 Å². The highest BCUT2D eigenvalue weighted by molar-refractivity contribution is 5.93. The summed E-state index contributed by atoms with van der Waals surface area (Å²) in [7, 11) is 0. The van der Waals surface area contributed by atoms with Crippen molar-refractivity contribution >= 4 is 11.6 Å². The third-order valence-electron chi connectivity index (χ3n) is 4.98. The maximum atomic E-state index is 12.7. The molecule has 1 aliphatic heterocycles. The Hall–Kier alpha value is -3.02. The summed E-state index contributed by atoms with van der Waals surface area (Å²) in [4.78, 5) is 16.9. The number of aryl methyl sites for hydroxylation is 1. The summed E-state index contributed by atoms with van der Waals surface area (Å²) in [5.74, 6) is 0.927. The summed E-state index contributed by atoms with van der Waals surface area (Å²) in [5.41, 5.74) is 4.15. The molecule has 0 aliphatic carbocycles. The number of hydrogen-bond donors (Lipinski definition) is 0. The molecule has 1 aliphatic rings. The molecule has 0 spiro atoms. The third kappa shape index (κ3) is 2.98. The zero-order valence-electron chi connectivity index (χ0n) is 14.9. The van der Waals surface area contributed by atoms with Crippen LogP contribution in [-0.2, 0) is 0 Å². The Bertz CT molecular complexity index is 906. The second kappa shape index (κ2) is 6.71. The van der Waals surface area contributed by atoms with Crippen molar-refractivity contribution in [2.75, 3.05) is 31.1 Å². The Kier molecular flexibility index (Phi) is 4.24. The van der Waals surface area contributed by atoms with Gasteiger partial charge in [-0.15, -0.1) is 0 Å². The van der Waals surface area contributed by atoms with Crippen molar-refractivity contribution < 1.29 is 13.7 Å². The smallest absolute Gasteiger partial charge is 0.276 e. The van der Waals surface area contributed by atoms with E-state index in [4.69, 9.17) is 8.94 Å². The van der Waals surface area contributed by atoms with Crippen molar-refractivity contribution in [2.45, 2.75) is 13.8 Å². The summed E-state index contributed by atoms with van der Waals surface area (Å²) in [6.45, 7) is 7.20. The minimum absolute atomic E-state index is 0.104. The van der Waals surface area contributed by atoms with E-state index in [9.17, 15) is 4.79 Å². The Morgan fingerprint density at radius 2 is 1.85 bits per heavy atom. The number of piperazine rings is 1. The van der Waals surface area contributed by atoms with Crippen LogP contribution in [0.3, 0.4) is 0 Å². The highest BCUT2D eigenvalue weighted by Gasteiger charge is 2.25. The van der Waals surface area contributed by atoms with Crippen LogP contribution in [0.5, 0.6) is 0 Å². The van der Waals surface area contributed by atoms with Crippen LogP contribution in [0.4, 0.5) is 5.69 Å². The molecule has 1 saturated heterocycles. The maximum absolute atomic E-state index is 12.7. The molecule has 6 heteroatoms. The molecule has 26 heavy (non-hydrogen) atoms. The predicted molar refractivity (Wildman–Crippen MR) is 98.2 cm³/mol. The summed E-state index contributed by atoms with van der Waals surface area (Å²) in [6.07, 6.45) is 1.56. The van der Waals surface area contributed by atoms with Gasteiger partial charge in [-0.05, 0) is 43.2 Å². The topological polar surface area (TPSA) is 62.7 Å². The lowest BCUT2D eigenvalue weighted by molar-refractivity contribution is 0.0736. The van der Waals surface area contributed by atoms with E-state index in [1.165, 1.54) is 16.8 Å². The summed E-state index contributed by atoms with van der Waals surface area (Å²) in [5, 5.41) is 3.91. The van der Waals surface area contributed by atoms with Crippen LogP contribution in [0.1, 0.15) is 21.6 Å². The first-order valence-electron chi connectivity index (χ1n) is 8.74. The lowest BCUT2D eigenvalue weighted by Gasteiger charge is -2.36. The van der Waals surface area contributed by atoms with E-state index >= 15 is 0 Å². The molecule has 0 unspecified atom stereocenters. The molecular weight excluding hydrogens is 330 g/mol. The molecule has 0 radical (unpaired) electrons. The van der Waals surface area contributed by atoms with Gasteiger partial charge in [-0.25, -0.2) is 0 Å². The maximum Gasteiger partial charge on any atom is 0.276 e. The third-order valence-corrected chi connectivity index (χ3v) is 4.98. The van der Waals surface area contributed by atoms with Gasteiger partial charge in [-0.3, -0.25) is 4.79 Å². The molecule has 6 nitrogen and oxygen atoms in total. The van der Waals surface area contributed by atoms with Crippen LogP contribution >= 0.6 is 0 Å². The quantitative estimate of drug-likeness (QED) is 0.722. The van der Waals surface area contributed by atoms with Gasteiger partial charge in [-0.2, -0.15) is 0 Å². The summed E-state index contributed by atoms with van der Waals surface area (Å²) < 4.78 is 10.5. The molecule has 1 aromatic carbocycles. The molecule has 0 saturated carbocycles. The number of amides is 1. The number of furan rings is 1. The highest BCUT2D eigenvalue weighted by atomic mass is 16.5. The van der Waals surface area contributed by atoms with Gasteiger partial charge < -0.3 is 18.7 Å². The first kappa shape index (κ1) is 16.4. The number of rotatable bonds is 3. The monoisotopic (exact) mass is 351 g/mol. The SMILES string of the molecule is Cc1cccc(N2CCN(C(=O)c3cc(-c4ccco4)on3)CC2)c1C. The molecule has 1 amide bonds. The molecule has 1 fully saturated rings. The zero-order chi connectivity index (χ0) is 18.1. The van der Waals surface area contributed by atoms with E-state index in [0.717, 1.165) is 13.1 Å². The first-order valence-corrected chi connectivity index (χ1v) is 8.74. The van der Waals surface area contributed by atoms with Crippen LogP contribution in [-0.4, -0.2) is 42.1 Å². The van der Waals surface area contributed by atoms with Gasteiger partial charge in [0, 0.05) is 37.9 Å². The van der Waals surface area contributed by atoms with E-state index in [1.54, 1.807) is 24.5 Å². The Morgan fingerprint density at radius 3 is 2.58 bits per heavy atom. The fourth-order valence-electron chi connectivity index (χ4n) is 3.30. The van der Waals surface area contributed by atoms with E-state index < -0.39 is 0 Å². The normalized spacial score (nSPS) is 14.7. The predicted octanol–water partition coefficient (Wildman–Crippen LogP) is 3.51. The van der Waals surface area contributed by atoms with Crippen molar-refractivity contribution in [1.82, 2.24) is 10.1 Å². The summed E-state index contributed by atoms with van der Waals surface area (Å²) in [6, 6.07) is 11.5. The minimum atomic E-state index is -0.104. The lowest BCUT2D eigenvalue weighted by Crippen LogP contribution is -2.49. The van der Waals surface area contributed by atoms with Crippen LogP contribution in [0, 0.1) is 13.8 Å². The van der Waals surface area contributed by atoms with Crippen LogP contribution < -0.4 is 4.90 Å². The van der Waals surface area contributed by atoms with Gasteiger partial charge in [0.1, 0.15) is 0 Å². The molecule has 134 valence electrons. The fraction of sp³-hybridized carbons (Fsp3) is 0.300. The van der Waals surface area contributed by atoms with Crippen LogP contribution in [0.25, 0.3) is 11.5 Å². The Labute approximate surface area is 152 Å². The number of benzene rings is 1. The van der Waals surface area contributed by atoms with E-state index in [1.807, 2.05) is 4.90 Å². The molecule has 0 atom stereocenters. The number of carbonyl (C=O) groups excluding carboxylic acids is 1. The number of nitrogens with zero attached hydrogens (tertiary/aromatic N) is 3. The molecule has 3 heterocycles. The number of carbonyl (C=O) groups is 1. The molecule has 3 aromatic rings. The van der Waals surface area contributed by atoms with Gasteiger partial charge in [0.2, 0.25) is 5.76 Å². The average Bonchev–Trinajstić information content (AvgIpc) is 3.35. The van der Waals surface area contributed by atoms with E-state index in [-0.39, 0.29) is 5.91 Å². The van der Waals surface area contributed by atoms with Crippen molar-refractivity contribution in [3.05, 3.63) is 59.5 Å². The lowest BCUT2D eigenvalue weighted by atomic mass is 10.1. The minimum Gasteiger partial charge on any atom is -0.461 e. The van der Waals surface area contributed by atoms with Crippen molar-refractivity contribution in [3.63, 3.8) is 0 Å². The van der Waals surface area contributed by atoms with Gasteiger partial charge in [0.25, 0.3) is 5.91 Å². The first-order chi connectivity index (χ1) is 12.6. The summed E-state index contributed by atoms with van der Waals surface area (Å²) >= 11 is 0. The second-order valence-corrected chi connectivity index (χ2v) is 6.55. The highest BCUT2D eigenvalue weighted by Crippen LogP contribution is 2.25. The van der Waals surface area contributed by atoms with Gasteiger partial charge in [0.05, 0.1) is 6.26 Å². The number of aromatic nitrogens is 1. The number of hydrogen-bond acceptors (Lipinski definition) is 5. The largest absolute Gasteiger partial charge is 0.461 e. The molecule has 0 N–H and O–H groups in total. The van der Waals surface area contributed by atoms with Crippen molar-refractivity contribution in [1.29, 1.82) is 0 Å². The molecular formula is C20H21N3O3. The second-order valence-electron chi connectivity index (χ2n) is 6.55. The van der Waals surface area contributed by atoms with E-state index in [2.05, 4.69) is 42.1 Å². The molecule has 4 rings (SSSR count). The molecule has 2 aromatic heterocycles. The molecule has 0 bridgehead atoms. The Balaban J connectivity index is 1.43.